The highest BCUT2D eigenvalue weighted by Crippen LogP contribution is 2.24. The van der Waals surface area contributed by atoms with Gasteiger partial charge in [0.15, 0.2) is 0 Å². The largest absolute Gasteiger partial charge is 0.528 e. The third-order valence-electron chi connectivity index (χ3n) is 8.09. The molecule has 0 amide bonds. The molecule has 0 saturated carbocycles. The summed E-state index contributed by atoms with van der Waals surface area (Å²) in [4.78, 5) is 0. The highest BCUT2D eigenvalue weighted by atomic mass is 28.5. The Morgan fingerprint density at radius 3 is 0.867 bits per heavy atom. The van der Waals surface area contributed by atoms with Crippen LogP contribution in [0, 0.1) is 0 Å². The summed E-state index contributed by atoms with van der Waals surface area (Å²) in [6, 6.07) is 62.6. The van der Waals surface area contributed by atoms with E-state index in [0.29, 0.717) is 0 Å². The van der Waals surface area contributed by atoms with Gasteiger partial charge in [0.1, 0.15) is 0 Å². The molecule has 45 heavy (non-hydrogen) atoms. The lowest BCUT2D eigenvalue weighted by Crippen LogP contribution is -2.81. The minimum Gasteiger partial charge on any atom is -0.419 e. The first-order valence-corrected chi connectivity index (χ1v) is 20.5. The predicted octanol–water partition coefficient (Wildman–Crippen LogP) is 4.08. The monoisotopic (exact) mass is 640 g/mol. The first kappa shape index (κ1) is 30.8. The number of rotatable bonds is 12. The van der Waals surface area contributed by atoms with Gasteiger partial charge in [-0.05, 0) is 25.9 Å². The van der Waals surface area contributed by atoms with Crippen molar-refractivity contribution in [2.75, 3.05) is 14.2 Å². The zero-order valence-electron chi connectivity index (χ0n) is 25.5. The van der Waals surface area contributed by atoms with Crippen LogP contribution in [-0.4, -0.2) is 39.9 Å². The number of hydrogen-bond acceptors (Lipinski definition) is 4. The molecule has 0 spiro atoms. The van der Waals surface area contributed by atoms with Gasteiger partial charge in [0.25, 0.3) is 8.32 Å². The van der Waals surface area contributed by atoms with Crippen LogP contribution < -0.4 is 31.1 Å². The quantitative estimate of drug-likeness (QED) is 0.149. The van der Waals surface area contributed by atoms with E-state index in [1.54, 1.807) is 14.2 Å². The Labute approximate surface area is 269 Å². The Morgan fingerprint density at radius 2 is 0.578 bits per heavy atom. The molecule has 6 aromatic carbocycles. The highest BCUT2D eigenvalue weighted by molar-refractivity contribution is 7.14. The molecule has 0 fully saturated rings. The van der Waals surface area contributed by atoms with Crippen LogP contribution in [0.2, 0.25) is 0 Å². The van der Waals surface area contributed by atoms with Crippen LogP contribution in [0.25, 0.3) is 0 Å². The smallest absolute Gasteiger partial charge is 0.419 e. The van der Waals surface area contributed by atoms with Gasteiger partial charge in [0.05, 0.1) is 0 Å². The van der Waals surface area contributed by atoms with Gasteiger partial charge in [0.2, 0.25) is 0 Å². The third kappa shape index (κ3) is 5.95. The fourth-order valence-corrected chi connectivity index (χ4v) is 20.0. The molecule has 4 nitrogen and oxygen atoms in total. The lowest BCUT2D eigenvalue weighted by molar-refractivity contribution is 0.166. The lowest BCUT2D eigenvalue weighted by atomic mass is 10.3. The molecule has 0 aromatic heterocycles. The second kappa shape index (κ2) is 13.8. The van der Waals surface area contributed by atoms with Crippen LogP contribution in [0.15, 0.2) is 182 Å². The van der Waals surface area contributed by atoms with Gasteiger partial charge in [0, 0.05) is 19.4 Å². The van der Waals surface area contributed by atoms with Crippen molar-refractivity contribution in [3.8, 4) is 0 Å². The van der Waals surface area contributed by atoms with Crippen molar-refractivity contribution in [1.29, 1.82) is 0 Å². The van der Waals surface area contributed by atoms with Gasteiger partial charge < -0.3 is 17.1 Å². The maximum Gasteiger partial charge on any atom is 0.528 e. The van der Waals surface area contributed by atoms with E-state index < -0.39 is 25.7 Å². The van der Waals surface area contributed by atoms with Gasteiger partial charge in [-0.1, -0.05) is 182 Å². The van der Waals surface area contributed by atoms with E-state index in [1.165, 1.54) is 0 Å². The SMILES string of the molecule is CO[Si](OC)(O[Si](O[Si](c1ccccc1)(c1ccccc1)c1ccccc1)(c1ccccc1)c1ccccc1)c1ccccc1. The Hall–Kier alpha value is -4.19. The van der Waals surface area contributed by atoms with E-state index in [0.717, 1.165) is 31.1 Å². The molecule has 0 aliphatic rings. The molecular weight excluding hydrogens is 605 g/mol. The van der Waals surface area contributed by atoms with E-state index in [1.807, 2.05) is 42.5 Å². The summed E-state index contributed by atoms with van der Waals surface area (Å²) < 4.78 is 28.6. The van der Waals surface area contributed by atoms with Crippen molar-refractivity contribution >= 4 is 56.8 Å². The fraction of sp³-hybridized carbons (Fsp3) is 0.0526. The highest BCUT2D eigenvalue weighted by Gasteiger charge is 2.59. The average Bonchev–Trinajstić information content (AvgIpc) is 3.14. The van der Waals surface area contributed by atoms with E-state index in [2.05, 4.69) is 140 Å². The Morgan fingerprint density at radius 1 is 0.311 bits per heavy atom. The van der Waals surface area contributed by atoms with Crippen molar-refractivity contribution in [2.45, 2.75) is 0 Å². The van der Waals surface area contributed by atoms with Gasteiger partial charge in [-0.3, -0.25) is 0 Å². The molecule has 0 aliphatic heterocycles. The zero-order valence-corrected chi connectivity index (χ0v) is 28.5. The molecule has 6 aromatic rings. The first-order valence-electron chi connectivity index (χ1n) is 15.0. The summed E-state index contributed by atoms with van der Waals surface area (Å²) in [6.07, 6.45) is 0. The van der Waals surface area contributed by atoms with E-state index in [9.17, 15) is 0 Å². The molecule has 6 rings (SSSR count). The average molecular weight is 641 g/mol. The van der Waals surface area contributed by atoms with Crippen molar-refractivity contribution in [1.82, 2.24) is 0 Å². The van der Waals surface area contributed by atoms with Crippen molar-refractivity contribution < 1.29 is 17.1 Å². The van der Waals surface area contributed by atoms with Crippen molar-refractivity contribution in [3.63, 3.8) is 0 Å². The van der Waals surface area contributed by atoms with Gasteiger partial charge in [-0.25, -0.2) is 0 Å². The molecule has 0 aliphatic carbocycles. The summed E-state index contributed by atoms with van der Waals surface area (Å²) in [5, 5.41) is 6.17. The maximum atomic E-state index is 8.17. The molecule has 0 saturated heterocycles. The number of hydrogen-bond donors (Lipinski definition) is 0. The summed E-state index contributed by atoms with van der Waals surface area (Å²) in [6.45, 7) is 0. The van der Waals surface area contributed by atoms with Crippen molar-refractivity contribution in [2.24, 2.45) is 0 Å². The molecule has 0 unspecified atom stereocenters. The summed E-state index contributed by atoms with van der Waals surface area (Å²) in [5.41, 5.74) is 0. The molecule has 224 valence electrons. The molecular formula is C38H36O4Si3. The van der Waals surface area contributed by atoms with Gasteiger partial charge in [-0.15, -0.1) is 0 Å². The standard InChI is InChI=1S/C38H36O4Si3/c1-39-45(40-2,38-31-19-8-20-32-38)42-44(36-27-15-6-16-28-36,37-29-17-7-18-30-37)41-43(33-21-9-3-10-22-33,34-23-11-4-12-24-34)35-25-13-5-14-26-35/h3-32H,1-2H3. The predicted molar refractivity (Wildman–Crippen MR) is 190 cm³/mol. The topological polar surface area (TPSA) is 36.9 Å². The van der Waals surface area contributed by atoms with Crippen LogP contribution in [0.3, 0.4) is 0 Å². The maximum absolute atomic E-state index is 8.17. The van der Waals surface area contributed by atoms with Gasteiger partial charge >= 0.3 is 17.4 Å². The van der Waals surface area contributed by atoms with E-state index in [4.69, 9.17) is 17.1 Å². The lowest BCUT2D eigenvalue weighted by Gasteiger charge is -2.45. The zero-order chi connectivity index (χ0) is 31.0. The number of benzene rings is 6. The first-order chi connectivity index (χ1) is 22.2. The molecule has 0 N–H and O–H groups in total. The van der Waals surface area contributed by atoms with E-state index in [-0.39, 0.29) is 0 Å². The second-order valence-corrected chi connectivity index (χ2v) is 20.3. The van der Waals surface area contributed by atoms with Crippen LogP contribution in [0.1, 0.15) is 0 Å². The minimum atomic E-state index is -3.72. The van der Waals surface area contributed by atoms with Crippen LogP contribution in [-0.2, 0) is 17.1 Å². The normalized spacial score (nSPS) is 12.1. The molecule has 0 radical (unpaired) electrons. The third-order valence-corrected chi connectivity index (χ3v) is 20.4. The summed E-state index contributed by atoms with van der Waals surface area (Å²) in [7, 11) is -7.24. The second-order valence-electron chi connectivity index (χ2n) is 10.7. The van der Waals surface area contributed by atoms with E-state index >= 15 is 0 Å². The molecule has 0 atom stereocenters. The molecule has 7 heteroatoms. The van der Waals surface area contributed by atoms with Gasteiger partial charge in [-0.2, -0.15) is 0 Å². The van der Waals surface area contributed by atoms with Crippen LogP contribution in [0.4, 0.5) is 0 Å². The summed E-state index contributed by atoms with van der Waals surface area (Å²) in [5.74, 6) is 0. The van der Waals surface area contributed by atoms with Crippen LogP contribution >= 0.6 is 0 Å². The Kier molecular flexibility index (Phi) is 9.48. The Balaban J connectivity index is 1.73. The molecule has 0 heterocycles. The summed E-state index contributed by atoms with van der Waals surface area (Å²) >= 11 is 0. The fourth-order valence-electron chi connectivity index (χ4n) is 5.94. The van der Waals surface area contributed by atoms with Crippen molar-refractivity contribution in [3.05, 3.63) is 182 Å². The Bertz CT molecular complexity index is 1620. The molecule has 0 bridgehead atoms. The van der Waals surface area contributed by atoms with Crippen LogP contribution in [0.5, 0.6) is 0 Å². The minimum absolute atomic E-state index is 0.869.